The SMILES string of the molecule is CC(C)Oc1cccc(N2CCNC2=O)n1. The zero-order valence-corrected chi connectivity index (χ0v) is 9.43. The number of urea groups is 1. The van der Waals surface area contributed by atoms with Crippen molar-refractivity contribution in [1.82, 2.24) is 10.3 Å². The highest BCUT2D eigenvalue weighted by molar-refractivity contribution is 5.93. The van der Waals surface area contributed by atoms with Crippen LogP contribution in [0.3, 0.4) is 0 Å². The maximum atomic E-state index is 11.4. The standard InChI is InChI=1S/C11H15N3O2/c1-8(2)16-10-5-3-4-9(13-10)14-7-6-12-11(14)15/h3-5,8H,6-7H2,1-2H3,(H,12,15). The molecular formula is C11H15N3O2. The van der Waals surface area contributed by atoms with Crippen molar-refractivity contribution in [3.05, 3.63) is 18.2 Å². The van der Waals surface area contributed by atoms with Gasteiger partial charge in [-0.15, -0.1) is 0 Å². The summed E-state index contributed by atoms with van der Waals surface area (Å²) in [5.41, 5.74) is 0. The Morgan fingerprint density at radius 1 is 1.50 bits per heavy atom. The predicted octanol–water partition coefficient (Wildman–Crippen LogP) is 1.40. The number of anilines is 1. The van der Waals surface area contributed by atoms with E-state index in [1.807, 2.05) is 19.9 Å². The second-order valence-corrected chi connectivity index (χ2v) is 3.88. The molecule has 1 aromatic rings. The van der Waals surface area contributed by atoms with E-state index < -0.39 is 0 Å². The van der Waals surface area contributed by atoms with E-state index in [-0.39, 0.29) is 12.1 Å². The van der Waals surface area contributed by atoms with Crippen LogP contribution in [0.4, 0.5) is 10.6 Å². The molecule has 0 aliphatic carbocycles. The minimum Gasteiger partial charge on any atom is -0.475 e. The number of amides is 2. The van der Waals surface area contributed by atoms with Crippen LogP contribution in [0.2, 0.25) is 0 Å². The molecule has 16 heavy (non-hydrogen) atoms. The topological polar surface area (TPSA) is 54.5 Å². The van der Waals surface area contributed by atoms with Crippen LogP contribution in [0.1, 0.15) is 13.8 Å². The van der Waals surface area contributed by atoms with Crippen LogP contribution in [0, 0.1) is 0 Å². The van der Waals surface area contributed by atoms with Crippen molar-refractivity contribution >= 4 is 11.8 Å². The van der Waals surface area contributed by atoms with E-state index in [4.69, 9.17) is 4.74 Å². The largest absolute Gasteiger partial charge is 0.475 e. The van der Waals surface area contributed by atoms with E-state index in [9.17, 15) is 4.79 Å². The Kier molecular flexibility index (Phi) is 2.94. The van der Waals surface area contributed by atoms with E-state index >= 15 is 0 Å². The number of aromatic nitrogens is 1. The second kappa shape index (κ2) is 4.38. The Morgan fingerprint density at radius 2 is 2.31 bits per heavy atom. The van der Waals surface area contributed by atoms with Crippen LogP contribution in [0.25, 0.3) is 0 Å². The second-order valence-electron chi connectivity index (χ2n) is 3.88. The first-order valence-electron chi connectivity index (χ1n) is 5.36. The summed E-state index contributed by atoms with van der Waals surface area (Å²) in [4.78, 5) is 17.3. The lowest BCUT2D eigenvalue weighted by Crippen LogP contribution is -2.28. The van der Waals surface area contributed by atoms with Gasteiger partial charge in [0.05, 0.1) is 6.10 Å². The van der Waals surface area contributed by atoms with Gasteiger partial charge in [-0.25, -0.2) is 4.79 Å². The Labute approximate surface area is 94.4 Å². The van der Waals surface area contributed by atoms with Crippen LogP contribution in [0.5, 0.6) is 5.88 Å². The number of nitrogens with zero attached hydrogens (tertiary/aromatic N) is 2. The van der Waals surface area contributed by atoms with Crippen molar-refractivity contribution < 1.29 is 9.53 Å². The van der Waals surface area contributed by atoms with Crippen molar-refractivity contribution in [2.45, 2.75) is 20.0 Å². The van der Waals surface area contributed by atoms with Crippen LogP contribution in [0.15, 0.2) is 18.2 Å². The molecule has 0 atom stereocenters. The lowest BCUT2D eigenvalue weighted by Gasteiger charge is -2.15. The van der Waals surface area contributed by atoms with Crippen molar-refractivity contribution in [2.75, 3.05) is 18.0 Å². The van der Waals surface area contributed by atoms with Crippen LogP contribution in [-0.2, 0) is 0 Å². The molecule has 0 unspecified atom stereocenters. The molecule has 1 saturated heterocycles. The molecule has 2 rings (SSSR count). The number of nitrogens with one attached hydrogen (secondary N) is 1. The van der Waals surface area contributed by atoms with Gasteiger partial charge in [0.15, 0.2) is 0 Å². The van der Waals surface area contributed by atoms with Gasteiger partial charge in [-0.2, -0.15) is 4.98 Å². The number of ether oxygens (including phenoxy) is 1. The van der Waals surface area contributed by atoms with Gasteiger partial charge in [0.25, 0.3) is 0 Å². The number of carbonyl (C=O) groups excluding carboxylic acids is 1. The fourth-order valence-corrected chi connectivity index (χ4v) is 1.55. The maximum Gasteiger partial charge on any atom is 0.323 e. The molecule has 2 heterocycles. The average Bonchev–Trinajstić information content (AvgIpc) is 2.64. The van der Waals surface area contributed by atoms with Gasteiger partial charge in [-0.1, -0.05) is 6.07 Å². The van der Waals surface area contributed by atoms with Crippen LogP contribution >= 0.6 is 0 Å². The minimum absolute atomic E-state index is 0.0788. The quantitative estimate of drug-likeness (QED) is 0.839. The number of hydrogen-bond acceptors (Lipinski definition) is 3. The molecule has 1 aromatic heterocycles. The summed E-state index contributed by atoms with van der Waals surface area (Å²) >= 11 is 0. The molecule has 5 nitrogen and oxygen atoms in total. The average molecular weight is 221 g/mol. The molecule has 1 aliphatic rings. The van der Waals surface area contributed by atoms with Gasteiger partial charge in [0, 0.05) is 19.2 Å². The molecule has 0 saturated carbocycles. The number of rotatable bonds is 3. The van der Waals surface area contributed by atoms with Crippen LogP contribution < -0.4 is 15.0 Å². The highest BCUT2D eigenvalue weighted by atomic mass is 16.5. The number of pyridine rings is 1. The highest BCUT2D eigenvalue weighted by Gasteiger charge is 2.22. The van der Waals surface area contributed by atoms with E-state index in [2.05, 4.69) is 10.3 Å². The molecule has 0 spiro atoms. The summed E-state index contributed by atoms with van der Waals surface area (Å²) in [6.45, 7) is 5.20. The van der Waals surface area contributed by atoms with Gasteiger partial charge < -0.3 is 10.1 Å². The molecule has 5 heteroatoms. The van der Waals surface area contributed by atoms with E-state index in [1.165, 1.54) is 0 Å². The Balaban J connectivity index is 2.18. The molecule has 0 radical (unpaired) electrons. The monoisotopic (exact) mass is 221 g/mol. The van der Waals surface area contributed by atoms with Crippen molar-refractivity contribution in [3.8, 4) is 5.88 Å². The fourth-order valence-electron chi connectivity index (χ4n) is 1.55. The molecule has 0 bridgehead atoms. The molecule has 1 fully saturated rings. The first-order chi connectivity index (χ1) is 7.66. The van der Waals surface area contributed by atoms with Gasteiger partial charge in [0.1, 0.15) is 5.82 Å². The first kappa shape index (κ1) is 10.7. The van der Waals surface area contributed by atoms with Gasteiger partial charge in [-0.3, -0.25) is 4.90 Å². The highest BCUT2D eigenvalue weighted by Crippen LogP contribution is 2.18. The van der Waals surface area contributed by atoms with Crippen molar-refractivity contribution in [2.24, 2.45) is 0 Å². The summed E-state index contributed by atoms with van der Waals surface area (Å²) in [5, 5.41) is 2.73. The molecule has 86 valence electrons. The van der Waals surface area contributed by atoms with Gasteiger partial charge in [-0.05, 0) is 19.9 Å². The lowest BCUT2D eigenvalue weighted by molar-refractivity contribution is 0.232. The predicted molar refractivity (Wildman–Crippen MR) is 60.7 cm³/mol. The van der Waals surface area contributed by atoms with Crippen molar-refractivity contribution in [3.63, 3.8) is 0 Å². The lowest BCUT2D eigenvalue weighted by atomic mass is 10.4. The third kappa shape index (κ3) is 2.24. The van der Waals surface area contributed by atoms with Crippen molar-refractivity contribution in [1.29, 1.82) is 0 Å². The molecular weight excluding hydrogens is 206 g/mol. The summed E-state index contributed by atoms with van der Waals surface area (Å²) in [6.07, 6.45) is 0.0788. The summed E-state index contributed by atoms with van der Waals surface area (Å²) in [7, 11) is 0. The van der Waals surface area contributed by atoms with Crippen LogP contribution in [-0.4, -0.2) is 30.2 Å². The fraction of sp³-hybridized carbons (Fsp3) is 0.455. The Morgan fingerprint density at radius 3 is 2.94 bits per heavy atom. The smallest absolute Gasteiger partial charge is 0.323 e. The van der Waals surface area contributed by atoms with E-state index in [1.54, 1.807) is 17.0 Å². The molecule has 0 aromatic carbocycles. The first-order valence-corrected chi connectivity index (χ1v) is 5.36. The number of hydrogen-bond donors (Lipinski definition) is 1. The third-order valence-electron chi connectivity index (χ3n) is 2.20. The summed E-state index contributed by atoms with van der Waals surface area (Å²) in [6, 6.07) is 5.33. The Bertz CT molecular complexity index is 393. The van der Waals surface area contributed by atoms with Gasteiger partial charge in [0.2, 0.25) is 5.88 Å². The zero-order chi connectivity index (χ0) is 11.5. The third-order valence-corrected chi connectivity index (χ3v) is 2.20. The number of carbonyl (C=O) groups is 1. The molecule has 2 amide bonds. The normalized spacial score (nSPS) is 15.4. The Hall–Kier alpha value is -1.78. The summed E-state index contributed by atoms with van der Waals surface area (Å²) < 4.78 is 5.48. The zero-order valence-electron chi connectivity index (χ0n) is 9.43. The summed E-state index contributed by atoms with van der Waals surface area (Å²) in [5.74, 6) is 1.18. The van der Waals surface area contributed by atoms with Gasteiger partial charge >= 0.3 is 6.03 Å². The maximum absolute atomic E-state index is 11.4. The molecule has 1 aliphatic heterocycles. The minimum atomic E-state index is -0.103. The molecule has 1 N–H and O–H groups in total. The van der Waals surface area contributed by atoms with E-state index in [0.29, 0.717) is 24.8 Å². The van der Waals surface area contributed by atoms with E-state index in [0.717, 1.165) is 0 Å².